The third-order valence-corrected chi connectivity index (χ3v) is 5.90. The molecule has 0 aliphatic carbocycles. The van der Waals surface area contributed by atoms with E-state index in [4.69, 9.17) is 11.6 Å². The van der Waals surface area contributed by atoms with E-state index in [1.165, 1.54) is 0 Å². The molecule has 0 heterocycles. The predicted octanol–water partition coefficient (Wildman–Crippen LogP) is 5.22. The number of carbonyl (C=O) groups is 2. The molecule has 0 aliphatic rings. The van der Waals surface area contributed by atoms with Crippen molar-refractivity contribution in [3.8, 4) is 0 Å². The summed E-state index contributed by atoms with van der Waals surface area (Å²) in [4.78, 5) is 28.1. The van der Waals surface area contributed by atoms with Gasteiger partial charge in [-0.1, -0.05) is 67.4 Å². The number of carbonyl (C=O) groups excluding carboxylic acids is 2. The number of hydrogen-bond donors (Lipinski definition) is 1. The first kappa shape index (κ1) is 23.9. The minimum Gasteiger partial charge on any atom is -0.352 e. The second-order valence-corrected chi connectivity index (χ2v) is 8.37. The Hall–Kier alpha value is -2.33. The summed E-state index contributed by atoms with van der Waals surface area (Å²) < 4.78 is 0. The maximum absolute atomic E-state index is 13.5. The van der Waals surface area contributed by atoms with Crippen LogP contribution in [0.4, 0.5) is 0 Å². The lowest BCUT2D eigenvalue weighted by atomic mass is 10.0. The summed E-state index contributed by atoms with van der Waals surface area (Å²) in [6, 6.07) is 13.1. The molecule has 0 saturated heterocycles. The molecular formula is C25H33ClN2O2. The highest BCUT2D eigenvalue weighted by Crippen LogP contribution is 2.21. The van der Waals surface area contributed by atoms with Gasteiger partial charge < -0.3 is 10.2 Å². The minimum atomic E-state index is -0.548. The Morgan fingerprint density at radius 3 is 2.37 bits per heavy atom. The fraction of sp³-hybridized carbons (Fsp3) is 0.440. The number of rotatable bonds is 9. The van der Waals surface area contributed by atoms with Crippen LogP contribution in [0.2, 0.25) is 5.02 Å². The maximum atomic E-state index is 13.5. The van der Waals surface area contributed by atoms with Gasteiger partial charge in [-0.3, -0.25) is 9.59 Å². The molecule has 0 aliphatic heterocycles. The Kier molecular flexibility index (Phi) is 8.91. The van der Waals surface area contributed by atoms with Gasteiger partial charge in [0.1, 0.15) is 6.04 Å². The van der Waals surface area contributed by atoms with Crippen molar-refractivity contribution in [3.05, 3.63) is 69.7 Å². The highest BCUT2D eigenvalue weighted by molar-refractivity contribution is 6.31. The lowest BCUT2D eigenvalue weighted by molar-refractivity contribution is -0.141. The molecule has 0 radical (unpaired) electrons. The number of nitrogens with zero attached hydrogens (tertiary/aromatic N) is 1. The first-order valence-electron chi connectivity index (χ1n) is 10.7. The van der Waals surface area contributed by atoms with Gasteiger partial charge in [-0.15, -0.1) is 0 Å². The van der Waals surface area contributed by atoms with Crippen LogP contribution in [0.1, 0.15) is 55.9 Å². The zero-order valence-electron chi connectivity index (χ0n) is 18.7. The first-order valence-corrected chi connectivity index (χ1v) is 11.0. The number of amides is 2. The second kappa shape index (κ2) is 11.2. The number of benzene rings is 2. The number of halogens is 1. The van der Waals surface area contributed by atoms with Crippen LogP contribution in [0.5, 0.6) is 0 Å². The van der Waals surface area contributed by atoms with Gasteiger partial charge in [0.25, 0.3) is 0 Å². The smallest absolute Gasteiger partial charge is 0.243 e. The summed E-state index contributed by atoms with van der Waals surface area (Å²) in [7, 11) is 0. The quantitative estimate of drug-likeness (QED) is 0.595. The summed E-state index contributed by atoms with van der Waals surface area (Å²) in [5, 5.41) is 3.63. The molecule has 0 aromatic heterocycles. The fourth-order valence-corrected chi connectivity index (χ4v) is 3.62. The van der Waals surface area contributed by atoms with Gasteiger partial charge in [-0.2, -0.15) is 0 Å². The van der Waals surface area contributed by atoms with E-state index < -0.39 is 6.04 Å². The van der Waals surface area contributed by atoms with E-state index in [0.717, 1.165) is 28.7 Å². The molecule has 30 heavy (non-hydrogen) atoms. The predicted molar refractivity (Wildman–Crippen MR) is 124 cm³/mol. The van der Waals surface area contributed by atoms with E-state index in [9.17, 15) is 9.59 Å². The zero-order valence-corrected chi connectivity index (χ0v) is 19.4. The zero-order chi connectivity index (χ0) is 22.3. The van der Waals surface area contributed by atoms with Gasteiger partial charge in [0.2, 0.25) is 11.8 Å². The summed E-state index contributed by atoms with van der Waals surface area (Å²) >= 11 is 6.37. The molecule has 0 spiro atoms. The minimum absolute atomic E-state index is 0.0582. The highest BCUT2D eigenvalue weighted by Gasteiger charge is 2.29. The topological polar surface area (TPSA) is 49.4 Å². The van der Waals surface area contributed by atoms with Crippen molar-refractivity contribution >= 4 is 23.4 Å². The normalized spacial score (nSPS) is 12.9. The molecule has 2 aromatic carbocycles. The van der Waals surface area contributed by atoms with Gasteiger partial charge in [0, 0.05) is 17.6 Å². The van der Waals surface area contributed by atoms with E-state index in [2.05, 4.69) is 5.32 Å². The average molecular weight is 429 g/mol. The maximum Gasteiger partial charge on any atom is 0.243 e. The van der Waals surface area contributed by atoms with Crippen LogP contribution in [-0.2, 0) is 22.6 Å². The van der Waals surface area contributed by atoms with Crippen molar-refractivity contribution < 1.29 is 9.59 Å². The van der Waals surface area contributed by atoms with Crippen molar-refractivity contribution in [2.75, 3.05) is 0 Å². The second-order valence-electron chi connectivity index (χ2n) is 7.96. The van der Waals surface area contributed by atoms with Crippen LogP contribution in [0.15, 0.2) is 42.5 Å². The van der Waals surface area contributed by atoms with Gasteiger partial charge >= 0.3 is 0 Å². The largest absolute Gasteiger partial charge is 0.352 e. The van der Waals surface area contributed by atoms with Crippen LogP contribution < -0.4 is 5.32 Å². The van der Waals surface area contributed by atoms with E-state index in [1.807, 2.05) is 77.1 Å². The van der Waals surface area contributed by atoms with Gasteiger partial charge in [-0.05, 0) is 56.4 Å². The molecule has 162 valence electrons. The molecular weight excluding hydrogens is 396 g/mol. The summed E-state index contributed by atoms with van der Waals surface area (Å²) in [5.74, 6) is -0.192. The molecule has 2 aromatic rings. The SMILES string of the molecule is CC[C@H](C)NC(=O)[C@H](CC)N(Cc1ccccc1Cl)C(=O)Cc1cc(C)ccc1C. The molecule has 0 unspecified atom stereocenters. The van der Waals surface area contributed by atoms with Gasteiger partial charge in [0.15, 0.2) is 0 Å². The average Bonchev–Trinajstić information content (AvgIpc) is 2.71. The third kappa shape index (κ3) is 6.33. The Bertz CT molecular complexity index is 881. The van der Waals surface area contributed by atoms with Crippen LogP contribution in [-0.4, -0.2) is 28.8 Å². The lowest BCUT2D eigenvalue weighted by Crippen LogP contribution is -2.51. The third-order valence-electron chi connectivity index (χ3n) is 5.53. The van der Waals surface area contributed by atoms with E-state index >= 15 is 0 Å². The summed E-state index contributed by atoms with van der Waals surface area (Å²) in [6.07, 6.45) is 1.62. The number of nitrogens with one attached hydrogen (secondary N) is 1. The van der Waals surface area contributed by atoms with Crippen molar-refractivity contribution in [2.24, 2.45) is 0 Å². The molecule has 4 nitrogen and oxygen atoms in total. The number of aryl methyl sites for hydroxylation is 2. The molecule has 2 rings (SSSR count). The molecule has 2 amide bonds. The van der Waals surface area contributed by atoms with E-state index in [1.54, 1.807) is 4.90 Å². The van der Waals surface area contributed by atoms with Crippen LogP contribution in [0.3, 0.4) is 0 Å². The Morgan fingerprint density at radius 2 is 1.73 bits per heavy atom. The van der Waals surface area contributed by atoms with Crippen LogP contribution in [0.25, 0.3) is 0 Å². The van der Waals surface area contributed by atoms with Crippen molar-refractivity contribution in [1.29, 1.82) is 0 Å². The fourth-order valence-electron chi connectivity index (χ4n) is 3.43. The summed E-state index contributed by atoms with van der Waals surface area (Å²) in [5.41, 5.74) is 4.01. The lowest BCUT2D eigenvalue weighted by Gasteiger charge is -2.32. The van der Waals surface area contributed by atoms with E-state index in [0.29, 0.717) is 18.0 Å². The molecule has 2 atom stereocenters. The van der Waals surface area contributed by atoms with Gasteiger partial charge in [-0.25, -0.2) is 0 Å². The Morgan fingerprint density at radius 1 is 1.03 bits per heavy atom. The molecule has 0 fully saturated rings. The first-order chi connectivity index (χ1) is 14.3. The van der Waals surface area contributed by atoms with E-state index in [-0.39, 0.29) is 24.3 Å². The Balaban J connectivity index is 2.35. The van der Waals surface area contributed by atoms with Crippen molar-refractivity contribution in [2.45, 2.75) is 72.5 Å². The molecule has 5 heteroatoms. The Labute approximate surface area is 185 Å². The monoisotopic (exact) mass is 428 g/mol. The molecule has 0 bridgehead atoms. The van der Waals surface area contributed by atoms with Gasteiger partial charge in [0.05, 0.1) is 6.42 Å². The number of hydrogen-bond acceptors (Lipinski definition) is 2. The van der Waals surface area contributed by atoms with Crippen molar-refractivity contribution in [1.82, 2.24) is 10.2 Å². The molecule has 0 saturated carbocycles. The highest BCUT2D eigenvalue weighted by atomic mass is 35.5. The molecule has 1 N–H and O–H groups in total. The summed E-state index contributed by atoms with van der Waals surface area (Å²) in [6.45, 7) is 10.3. The van der Waals surface area contributed by atoms with Crippen molar-refractivity contribution in [3.63, 3.8) is 0 Å². The van der Waals surface area contributed by atoms with Crippen LogP contribution >= 0.6 is 11.6 Å². The standard InChI is InChI=1S/C25H33ClN2O2/c1-6-19(5)27-25(30)23(7-2)28(16-20-10-8-9-11-22(20)26)24(29)15-21-14-17(3)12-13-18(21)4/h8-14,19,23H,6-7,15-16H2,1-5H3,(H,27,30)/t19-,23-/m0/s1. The van der Waals surface area contributed by atoms with Crippen LogP contribution in [0, 0.1) is 13.8 Å².